The Bertz CT molecular complexity index is 574. The summed E-state index contributed by atoms with van der Waals surface area (Å²) in [4.78, 5) is 15.8. The summed E-state index contributed by atoms with van der Waals surface area (Å²) in [6, 6.07) is 7.39. The fraction of sp³-hybridized carbons (Fsp3) is 0.556. The van der Waals surface area contributed by atoms with E-state index in [1.165, 1.54) is 25.5 Å². The molecule has 0 bridgehead atoms. The van der Waals surface area contributed by atoms with Gasteiger partial charge in [0.25, 0.3) is 0 Å². The van der Waals surface area contributed by atoms with Crippen LogP contribution in [0.15, 0.2) is 29.3 Å². The van der Waals surface area contributed by atoms with E-state index < -0.39 is 0 Å². The minimum absolute atomic E-state index is 0.0919. The zero-order valence-corrected chi connectivity index (χ0v) is 15.8. The fourth-order valence-electron chi connectivity index (χ4n) is 2.53. The average molecular weight is 365 g/mol. The Kier molecular flexibility index (Phi) is 8.45. The Morgan fingerprint density at radius 1 is 1.40 bits per heavy atom. The summed E-state index contributed by atoms with van der Waals surface area (Å²) in [5.74, 6) is 2.74. The number of anilines is 1. The molecule has 6 nitrogen and oxygen atoms in total. The molecule has 1 saturated heterocycles. The van der Waals surface area contributed by atoms with Gasteiger partial charge in [0.1, 0.15) is 12.4 Å². The van der Waals surface area contributed by atoms with Gasteiger partial charge in [0.15, 0.2) is 5.96 Å². The number of thioether (sulfide) groups is 1. The Labute approximate surface area is 154 Å². The van der Waals surface area contributed by atoms with E-state index in [4.69, 9.17) is 4.74 Å². The van der Waals surface area contributed by atoms with Gasteiger partial charge in [-0.15, -0.1) is 0 Å². The lowest BCUT2D eigenvalue weighted by atomic mass is 10.2. The van der Waals surface area contributed by atoms with Crippen molar-refractivity contribution in [3.05, 3.63) is 24.3 Å². The number of hydrogen-bond donors (Lipinski definition) is 3. The Morgan fingerprint density at radius 2 is 2.28 bits per heavy atom. The van der Waals surface area contributed by atoms with Crippen molar-refractivity contribution < 1.29 is 9.53 Å². The summed E-state index contributed by atoms with van der Waals surface area (Å²) in [6.07, 6.45) is 2.57. The maximum absolute atomic E-state index is 11.1. The molecular formula is C18H28N4O2S. The number of amides is 1. The van der Waals surface area contributed by atoms with E-state index in [1.807, 2.05) is 36.0 Å². The zero-order valence-electron chi connectivity index (χ0n) is 15.0. The number of ether oxygens (including phenoxy) is 1. The predicted molar refractivity (Wildman–Crippen MR) is 106 cm³/mol. The molecule has 3 N–H and O–H groups in total. The normalized spacial score (nSPS) is 17.2. The van der Waals surface area contributed by atoms with Gasteiger partial charge in [0.2, 0.25) is 5.91 Å². The highest BCUT2D eigenvalue weighted by atomic mass is 32.2. The van der Waals surface area contributed by atoms with Crippen molar-refractivity contribution in [3.63, 3.8) is 0 Å². The van der Waals surface area contributed by atoms with E-state index in [9.17, 15) is 4.79 Å². The van der Waals surface area contributed by atoms with Crippen LogP contribution in [0, 0.1) is 0 Å². The first-order valence-corrected chi connectivity index (χ1v) is 9.86. The first-order valence-electron chi connectivity index (χ1n) is 8.81. The Morgan fingerprint density at radius 3 is 3.00 bits per heavy atom. The second-order valence-electron chi connectivity index (χ2n) is 5.84. The standard InChI is InChI=1S/C18H28N4O2S/c1-3-19-18(21-13-17-8-5-11-25-17)20-9-10-24-16-7-4-6-15(12-16)22-14(2)23/h4,6-7,12,17H,3,5,8-11,13H2,1-2H3,(H,22,23)(H2,19,20,21). The molecule has 1 unspecified atom stereocenters. The summed E-state index contributed by atoms with van der Waals surface area (Å²) in [5.41, 5.74) is 0.738. The van der Waals surface area contributed by atoms with Crippen LogP contribution in [0.1, 0.15) is 26.7 Å². The highest BCUT2D eigenvalue weighted by Gasteiger charge is 2.14. The summed E-state index contributed by atoms with van der Waals surface area (Å²) in [6.45, 7) is 6.43. The monoisotopic (exact) mass is 364 g/mol. The maximum atomic E-state index is 11.1. The number of carbonyl (C=O) groups is 1. The van der Waals surface area contributed by atoms with Gasteiger partial charge in [-0.05, 0) is 37.7 Å². The number of hydrogen-bond acceptors (Lipinski definition) is 4. The fourth-order valence-corrected chi connectivity index (χ4v) is 3.71. The van der Waals surface area contributed by atoms with Gasteiger partial charge in [-0.1, -0.05) is 6.07 Å². The molecule has 1 aromatic rings. The quantitative estimate of drug-likeness (QED) is 0.375. The van der Waals surface area contributed by atoms with E-state index >= 15 is 0 Å². The number of rotatable bonds is 8. The molecule has 0 radical (unpaired) electrons. The molecule has 0 spiro atoms. The minimum Gasteiger partial charge on any atom is -0.492 e. The van der Waals surface area contributed by atoms with Gasteiger partial charge in [-0.25, -0.2) is 0 Å². The lowest BCUT2D eigenvalue weighted by Gasteiger charge is -2.13. The van der Waals surface area contributed by atoms with Crippen molar-refractivity contribution in [3.8, 4) is 5.75 Å². The molecule has 1 fully saturated rings. The van der Waals surface area contributed by atoms with Gasteiger partial charge in [0.05, 0.1) is 13.1 Å². The molecule has 1 aromatic carbocycles. The van der Waals surface area contributed by atoms with Crippen LogP contribution in [0.25, 0.3) is 0 Å². The first kappa shape index (κ1) is 19.4. The van der Waals surface area contributed by atoms with Gasteiger partial charge in [-0.3, -0.25) is 9.79 Å². The lowest BCUT2D eigenvalue weighted by molar-refractivity contribution is -0.114. The third kappa shape index (κ3) is 7.69. The molecule has 1 atom stereocenters. The number of aliphatic imine (C=N–C) groups is 1. The minimum atomic E-state index is -0.0919. The molecular weight excluding hydrogens is 336 g/mol. The molecule has 0 aromatic heterocycles. The maximum Gasteiger partial charge on any atom is 0.221 e. The lowest BCUT2D eigenvalue weighted by Crippen LogP contribution is -2.39. The number of guanidine groups is 1. The van der Waals surface area contributed by atoms with Crippen LogP contribution in [0.3, 0.4) is 0 Å². The average Bonchev–Trinajstić information content (AvgIpc) is 3.09. The molecule has 1 aliphatic rings. The van der Waals surface area contributed by atoms with Crippen LogP contribution < -0.4 is 20.7 Å². The number of nitrogens with zero attached hydrogens (tertiary/aromatic N) is 1. The molecule has 1 heterocycles. The van der Waals surface area contributed by atoms with Crippen molar-refractivity contribution in [2.45, 2.75) is 31.9 Å². The molecule has 0 saturated carbocycles. The van der Waals surface area contributed by atoms with E-state index in [1.54, 1.807) is 0 Å². The second-order valence-corrected chi connectivity index (χ2v) is 7.25. The van der Waals surface area contributed by atoms with Crippen LogP contribution in [-0.2, 0) is 4.79 Å². The molecule has 0 aliphatic carbocycles. The summed E-state index contributed by atoms with van der Waals surface area (Å²) in [7, 11) is 0. The van der Waals surface area contributed by atoms with Gasteiger partial charge < -0.3 is 20.7 Å². The predicted octanol–water partition coefficient (Wildman–Crippen LogP) is 2.47. The molecule has 1 amide bonds. The van der Waals surface area contributed by atoms with Crippen LogP contribution >= 0.6 is 11.8 Å². The van der Waals surface area contributed by atoms with Gasteiger partial charge >= 0.3 is 0 Å². The third-order valence-corrected chi connectivity index (χ3v) is 5.02. The van der Waals surface area contributed by atoms with E-state index in [-0.39, 0.29) is 5.91 Å². The number of carbonyl (C=O) groups excluding carboxylic acids is 1. The van der Waals surface area contributed by atoms with Crippen molar-refractivity contribution in [2.75, 3.05) is 37.3 Å². The molecule has 7 heteroatoms. The molecule has 2 rings (SSSR count). The van der Waals surface area contributed by atoms with E-state index in [0.29, 0.717) is 18.4 Å². The molecule has 25 heavy (non-hydrogen) atoms. The van der Waals surface area contributed by atoms with Crippen molar-refractivity contribution in [1.29, 1.82) is 0 Å². The highest BCUT2D eigenvalue weighted by molar-refractivity contribution is 8.00. The van der Waals surface area contributed by atoms with E-state index in [0.717, 1.165) is 30.5 Å². The molecule has 1 aliphatic heterocycles. The van der Waals surface area contributed by atoms with Crippen LogP contribution in [0.4, 0.5) is 5.69 Å². The zero-order chi connectivity index (χ0) is 17.9. The van der Waals surface area contributed by atoms with Crippen LogP contribution in [0.5, 0.6) is 5.75 Å². The van der Waals surface area contributed by atoms with Crippen molar-refractivity contribution in [1.82, 2.24) is 10.6 Å². The van der Waals surface area contributed by atoms with Crippen molar-refractivity contribution >= 4 is 29.3 Å². The summed E-state index contributed by atoms with van der Waals surface area (Å²) >= 11 is 2.02. The largest absolute Gasteiger partial charge is 0.492 e. The molecule has 138 valence electrons. The van der Waals surface area contributed by atoms with Crippen LogP contribution in [-0.4, -0.2) is 49.1 Å². The number of nitrogens with one attached hydrogen (secondary N) is 3. The third-order valence-electron chi connectivity index (χ3n) is 3.64. The second kappa shape index (κ2) is 10.9. The van der Waals surface area contributed by atoms with Gasteiger partial charge in [-0.2, -0.15) is 11.8 Å². The summed E-state index contributed by atoms with van der Waals surface area (Å²) in [5, 5.41) is 9.96. The topological polar surface area (TPSA) is 74.8 Å². The first-order chi connectivity index (χ1) is 12.2. The SMILES string of the molecule is CCNC(=NCC1CCCS1)NCCOc1cccc(NC(C)=O)c1. The van der Waals surface area contributed by atoms with E-state index in [2.05, 4.69) is 27.9 Å². The highest BCUT2D eigenvalue weighted by Crippen LogP contribution is 2.26. The van der Waals surface area contributed by atoms with Crippen LogP contribution in [0.2, 0.25) is 0 Å². The van der Waals surface area contributed by atoms with Crippen molar-refractivity contribution in [2.24, 2.45) is 4.99 Å². The smallest absolute Gasteiger partial charge is 0.221 e. The number of benzene rings is 1. The Hall–Kier alpha value is -1.89. The summed E-state index contributed by atoms with van der Waals surface area (Å²) < 4.78 is 5.73. The van der Waals surface area contributed by atoms with Gasteiger partial charge in [0, 0.05) is 30.5 Å². The Balaban J connectivity index is 1.73.